The Hall–Kier alpha value is -2.67. The molecule has 0 aliphatic rings. The maximum Gasteiger partial charge on any atom is 0.279 e. The first-order valence-corrected chi connectivity index (χ1v) is 6.87. The van der Waals surface area contributed by atoms with Crippen LogP contribution in [-0.2, 0) is 0 Å². The summed E-state index contributed by atoms with van der Waals surface area (Å²) in [5.74, 6) is 0. The zero-order valence-electron chi connectivity index (χ0n) is 10.7. The lowest BCUT2D eigenvalue weighted by Crippen LogP contribution is -2.04. The molecule has 0 bridgehead atoms. The Morgan fingerprint density at radius 1 is 1.19 bits per heavy atom. The van der Waals surface area contributed by atoms with Crippen LogP contribution in [0.3, 0.4) is 0 Å². The number of aromatic nitrogens is 1. The van der Waals surface area contributed by atoms with Crippen LogP contribution in [0.25, 0.3) is 21.8 Å². The minimum absolute atomic E-state index is 0.0329. The molecule has 0 amide bonds. The number of nitrogens with two attached hydrogens (primary N) is 1. The lowest BCUT2D eigenvalue weighted by atomic mass is 10.1. The van der Waals surface area contributed by atoms with Crippen molar-refractivity contribution in [3.8, 4) is 0 Å². The SMILES string of the molecule is N=C(N)Sc1c2ccccc2nc2cccc([N+](=O)[O-])c12. The maximum absolute atomic E-state index is 11.3. The molecule has 0 aliphatic heterocycles. The minimum atomic E-state index is -0.441. The number of para-hydroxylation sites is 1. The molecule has 0 saturated heterocycles. The number of rotatable bonds is 2. The molecule has 2 aromatic carbocycles. The predicted octanol–water partition coefficient (Wildman–Crippen LogP) is 3.28. The molecule has 3 rings (SSSR count). The van der Waals surface area contributed by atoms with Crippen LogP contribution < -0.4 is 5.73 Å². The van der Waals surface area contributed by atoms with Crippen molar-refractivity contribution in [3.63, 3.8) is 0 Å². The van der Waals surface area contributed by atoms with Crippen molar-refractivity contribution in [1.29, 1.82) is 5.41 Å². The zero-order chi connectivity index (χ0) is 15.0. The van der Waals surface area contributed by atoms with Crippen LogP contribution in [-0.4, -0.2) is 15.1 Å². The Morgan fingerprint density at radius 3 is 2.62 bits per heavy atom. The molecule has 104 valence electrons. The van der Waals surface area contributed by atoms with Gasteiger partial charge in [-0.2, -0.15) is 0 Å². The molecule has 0 spiro atoms. The van der Waals surface area contributed by atoms with Crippen molar-refractivity contribution in [2.24, 2.45) is 5.73 Å². The number of nitrogens with zero attached hydrogens (tertiary/aromatic N) is 2. The van der Waals surface area contributed by atoms with Crippen LogP contribution in [0.2, 0.25) is 0 Å². The molecular weight excluding hydrogens is 288 g/mol. The quantitative estimate of drug-likeness (QED) is 0.188. The van der Waals surface area contributed by atoms with Gasteiger partial charge >= 0.3 is 0 Å². The number of nitrogens with one attached hydrogen (secondary N) is 1. The van der Waals surface area contributed by atoms with E-state index in [4.69, 9.17) is 11.1 Å². The van der Waals surface area contributed by atoms with Gasteiger partial charge < -0.3 is 5.73 Å². The Balaban J connectivity index is 2.52. The molecule has 0 radical (unpaired) electrons. The van der Waals surface area contributed by atoms with Gasteiger partial charge in [0.25, 0.3) is 5.69 Å². The van der Waals surface area contributed by atoms with E-state index in [1.54, 1.807) is 12.1 Å². The predicted molar refractivity (Wildman–Crippen MR) is 83.7 cm³/mol. The van der Waals surface area contributed by atoms with Crippen LogP contribution in [0.15, 0.2) is 47.4 Å². The summed E-state index contributed by atoms with van der Waals surface area (Å²) < 4.78 is 0. The standard InChI is InChI=1S/C14H10N4O2S/c15-14(16)21-13-8-4-1-2-5-9(8)17-10-6-3-7-11(12(10)13)18(19)20/h1-7H,(H3,15,16). The minimum Gasteiger partial charge on any atom is -0.378 e. The van der Waals surface area contributed by atoms with Crippen LogP contribution in [0.1, 0.15) is 0 Å². The fourth-order valence-corrected chi connectivity index (χ4v) is 3.06. The van der Waals surface area contributed by atoms with Gasteiger partial charge in [-0.15, -0.1) is 0 Å². The molecule has 3 N–H and O–H groups in total. The highest BCUT2D eigenvalue weighted by atomic mass is 32.2. The molecule has 1 aromatic heterocycles. The van der Waals surface area contributed by atoms with Crippen molar-refractivity contribution < 1.29 is 4.92 Å². The van der Waals surface area contributed by atoms with E-state index < -0.39 is 4.92 Å². The van der Waals surface area contributed by atoms with E-state index >= 15 is 0 Å². The van der Waals surface area contributed by atoms with Gasteiger partial charge in [-0.05, 0) is 12.1 Å². The number of non-ortho nitro benzene ring substituents is 1. The Labute approximate surface area is 123 Å². The molecule has 3 aromatic rings. The summed E-state index contributed by atoms with van der Waals surface area (Å²) in [6.45, 7) is 0. The first kappa shape index (κ1) is 13.3. The number of thioether (sulfide) groups is 1. The first-order chi connectivity index (χ1) is 10.1. The largest absolute Gasteiger partial charge is 0.378 e. The summed E-state index contributed by atoms with van der Waals surface area (Å²) >= 11 is 1.01. The number of hydrogen-bond donors (Lipinski definition) is 2. The highest BCUT2D eigenvalue weighted by Gasteiger charge is 2.19. The van der Waals surface area contributed by atoms with E-state index in [0.717, 1.165) is 17.1 Å². The van der Waals surface area contributed by atoms with Crippen molar-refractivity contribution in [1.82, 2.24) is 4.98 Å². The molecule has 1 heterocycles. The molecule has 21 heavy (non-hydrogen) atoms. The summed E-state index contributed by atoms with van der Waals surface area (Å²) in [7, 11) is 0. The summed E-state index contributed by atoms with van der Waals surface area (Å²) in [6, 6.07) is 12.1. The molecule has 7 heteroatoms. The number of fused-ring (bicyclic) bond motifs is 2. The van der Waals surface area contributed by atoms with Crippen molar-refractivity contribution in [2.75, 3.05) is 0 Å². The number of pyridine rings is 1. The fraction of sp³-hybridized carbons (Fsp3) is 0. The monoisotopic (exact) mass is 298 g/mol. The molecule has 6 nitrogen and oxygen atoms in total. The average Bonchev–Trinajstić information content (AvgIpc) is 2.45. The van der Waals surface area contributed by atoms with Gasteiger partial charge in [-0.1, -0.05) is 36.0 Å². The van der Waals surface area contributed by atoms with Crippen molar-refractivity contribution in [3.05, 3.63) is 52.6 Å². The Morgan fingerprint density at radius 2 is 1.90 bits per heavy atom. The van der Waals surface area contributed by atoms with Gasteiger partial charge in [0.2, 0.25) is 0 Å². The summed E-state index contributed by atoms with van der Waals surface area (Å²) in [6.07, 6.45) is 0. The molecule has 0 atom stereocenters. The third-order valence-corrected chi connectivity index (χ3v) is 3.89. The van der Waals surface area contributed by atoms with Gasteiger partial charge in [0.1, 0.15) is 0 Å². The molecule has 0 unspecified atom stereocenters. The summed E-state index contributed by atoms with van der Waals surface area (Å²) in [4.78, 5) is 15.9. The van der Waals surface area contributed by atoms with Crippen LogP contribution in [0, 0.1) is 15.5 Å². The molecule has 0 aliphatic carbocycles. The van der Waals surface area contributed by atoms with Gasteiger partial charge in [0, 0.05) is 16.3 Å². The van der Waals surface area contributed by atoms with Gasteiger partial charge in [-0.25, -0.2) is 4.98 Å². The smallest absolute Gasteiger partial charge is 0.279 e. The number of nitro groups is 1. The first-order valence-electron chi connectivity index (χ1n) is 6.05. The summed E-state index contributed by atoms with van der Waals surface area (Å²) in [5, 5.41) is 19.8. The normalized spacial score (nSPS) is 10.9. The highest BCUT2D eigenvalue weighted by molar-refractivity contribution is 8.14. The van der Waals surface area contributed by atoms with E-state index in [1.807, 2.05) is 24.3 Å². The average molecular weight is 298 g/mol. The topological polar surface area (TPSA) is 106 Å². The number of amidine groups is 1. The second-order valence-electron chi connectivity index (χ2n) is 4.35. The zero-order valence-corrected chi connectivity index (χ0v) is 11.6. The van der Waals surface area contributed by atoms with E-state index in [9.17, 15) is 10.1 Å². The van der Waals surface area contributed by atoms with E-state index in [2.05, 4.69) is 4.98 Å². The second-order valence-corrected chi connectivity index (χ2v) is 5.40. The Kier molecular flexibility index (Phi) is 3.19. The molecule has 0 saturated carbocycles. The van der Waals surface area contributed by atoms with Gasteiger partial charge in [0.15, 0.2) is 5.17 Å². The molecule has 0 fully saturated rings. The van der Waals surface area contributed by atoms with Crippen LogP contribution in [0.4, 0.5) is 5.69 Å². The van der Waals surface area contributed by atoms with Crippen LogP contribution >= 0.6 is 11.8 Å². The summed E-state index contributed by atoms with van der Waals surface area (Å²) in [5.41, 5.74) is 6.69. The maximum atomic E-state index is 11.3. The second kappa shape index (κ2) is 5.02. The molecular formula is C14H10N4O2S. The van der Waals surface area contributed by atoms with E-state index in [1.165, 1.54) is 6.07 Å². The van der Waals surface area contributed by atoms with E-state index in [0.29, 0.717) is 21.3 Å². The lowest BCUT2D eigenvalue weighted by molar-refractivity contribution is -0.383. The number of hydrogen-bond acceptors (Lipinski definition) is 5. The van der Waals surface area contributed by atoms with Crippen molar-refractivity contribution in [2.45, 2.75) is 4.90 Å². The van der Waals surface area contributed by atoms with E-state index in [-0.39, 0.29) is 10.9 Å². The van der Waals surface area contributed by atoms with Crippen LogP contribution in [0.5, 0.6) is 0 Å². The highest BCUT2D eigenvalue weighted by Crippen LogP contribution is 2.38. The van der Waals surface area contributed by atoms with Crippen molar-refractivity contribution >= 4 is 44.4 Å². The van der Waals surface area contributed by atoms with Gasteiger partial charge in [-0.3, -0.25) is 15.5 Å². The lowest BCUT2D eigenvalue weighted by Gasteiger charge is -2.09. The number of nitro benzene ring substituents is 1. The third kappa shape index (κ3) is 2.27. The fourth-order valence-electron chi connectivity index (χ4n) is 2.25. The van der Waals surface area contributed by atoms with Gasteiger partial charge in [0.05, 0.1) is 21.3 Å². The Bertz CT molecular complexity index is 895. The third-order valence-electron chi connectivity index (χ3n) is 3.05. The number of benzene rings is 2.